The minimum absolute atomic E-state index is 0.0838. The first-order chi connectivity index (χ1) is 11.6. The van der Waals surface area contributed by atoms with Crippen molar-refractivity contribution < 1.29 is 9.53 Å². The molecule has 1 aliphatic rings. The van der Waals surface area contributed by atoms with Gasteiger partial charge >= 0.3 is 0 Å². The predicted molar refractivity (Wildman–Crippen MR) is 95.1 cm³/mol. The highest BCUT2D eigenvalue weighted by molar-refractivity contribution is 5.78. The van der Waals surface area contributed by atoms with E-state index in [2.05, 4.69) is 19.9 Å². The van der Waals surface area contributed by atoms with E-state index >= 15 is 0 Å². The molecular formula is C20H28N2O2. The fourth-order valence-electron chi connectivity index (χ4n) is 3.23. The molecule has 0 bridgehead atoms. The number of ether oxygens (including phenoxy) is 1. The molecule has 24 heavy (non-hydrogen) atoms. The van der Waals surface area contributed by atoms with E-state index < -0.39 is 5.92 Å². The van der Waals surface area contributed by atoms with Gasteiger partial charge in [0, 0.05) is 25.1 Å². The number of benzene rings is 1. The van der Waals surface area contributed by atoms with Crippen molar-refractivity contribution in [3.8, 4) is 11.8 Å². The van der Waals surface area contributed by atoms with Gasteiger partial charge in [-0.25, -0.2) is 0 Å². The summed E-state index contributed by atoms with van der Waals surface area (Å²) in [5, 5.41) is 9.66. The summed E-state index contributed by atoms with van der Waals surface area (Å²) < 4.78 is 5.43. The molecule has 4 heteroatoms. The van der Waals surface area contributed by atoms with Gasteiger partial charge in [-0.15, -0.1) is 0 Å². The Morgan fingerprint density at radius 3 is 2.46 bits per heavy atom. The van der Waals surface area contributed by atoms with Crippen LogP contribution in [0.25, 0.3) is 0 Å². The fourth-order valence-corrected chi connectivity index (χ4v) is 3.23. The van der Waals surface area contributed by atoms with Gasteiger partial charge in [0.1, 0.15) is 5.75 Å². The van der Waals surface area contributed by atoms with Gasteiger partial charge in [-0.1, -0.05) is 38.8 Å². The summed E-state index contributed by atoms with van der Waals surface area (Å²) in [5.41, 5.74) is 1.99. The molecule has 0 spiro atoms. The quantitative estimate of drug-likeness (QED) is 0.813. The number of nitrogens with zero attached hydrogens (tertiary/aromatic N) is 2. The van der Waals surface area contributed by atoms with E-state index in [9.17, 15) is 10.1 Å². The molecule has 1 fully saturated rings. The van der Waals surface area contributed by atoms with E-state index in [4.69, 9.17) is 4.74 Å². The largest absolute Gasteiger partial charge is 0.496 e. The maximum atomic E-state index is 12.6. The highest BCUT2D eigenvalue weighted by atomic mass is 16.5. The topological polar surface area (TPSA) is 53.3 Å². The molecule has 1 unspecified atom stereocenters. The van der Waals surface area contributed by atoms with Crippen LogP contribution in [0.4, 0.5) is 0 Å². The van der Waals surface area contributed by atoms with Crippen LogP contribution >= 0.6 is 0 Å². The van der Waals surface area contributed by atoms with Crippen LogP contribution in [0.2, 0.25) is 0 Å². The summed E-state index contributed by atoms with van der Waals surface area (Å²) >= 11 is 0. The maximum Gasteiger partial charge on any atom is 0.224 e. The van der Waals surface area contributed by atoms with Crippen LogP contribution in [0.15, 0.2) is 18.2 Å². The zero-order valence-electron chi connectivity index (χ0n) is 15.0. The van der Waals surface area contributed by atoms with Crippen LogP contribution < -0.4 is 4.74 Å². The van der Waals surface area contributed by atoms with Crippen LogP contribution in [-0.2, 0) is 4.79 Å². The molecule has 4 nitrogen and oxygen atoms in total. The van der Waals surface area contributed by atoms with Gasteiger partial charge in [0.2, 0.25) is 5.91 Å². The third-order valence-electron chi connectivity index (χ3n) is 4.79. The highest BCUT2D eigenvalue weighted by Crippen LogP contribution is 2.32. The van der Waals surface area contributed by atoms with Crippen LogP contribution in [0, 0.1) is 11.3 Å². The zero-order chi connectivity index (χ0) is 17.5. The van der Waals surface area contributed by atoms with E-state index in [1.807, 2.05) is 23.1 Å². The Balaban J connectivity index is 2.19. The third-order valence-corrected chi connectivity index (χ3v) is 4.79. The Hall–Kier alpha value is -2.02. The van der Waals surface area contributed by atoms with Crippen molar-refractivity contribution in [1.82, 2.24) is 4.90 Å². The third kappa shape index (κ3) is 4.50. The summed E-state index contributed by atoms with van der Waals surface area (Å²) in [4.78, 5) is 14.6. The van der Waals surface area contributed by atoms with Crippen molar-refractivity contribution in [2.75, 3.05) is 20.2 Å². The number of hydrogen-bond donors (Lipinski definition) is 0. The van der Waals surface area contributed by atoms with Gasteiger partial charge in [0.15, 0.2) is 0 Å². The molecule has 0 saturated carbocycles. The molecular weight excluding hydrogens is 300 g/mol. The van der Waals surface area contributed by atoms with E-state index in [0.29, 0.717) is 11.7 Å². The summed E-state index contributed by atoms with van der Waals surface area (Å²) in [6.07, 6.45) is 4.74. The molecule has 0 aliphatic carbocycles. The van der Waals surface area contributed by atoms with Crippen LogP contribution in [0.5, 0.6) is 5.75 Å². The van der Waals surface area contributed by atoms with E-state index in [-0.39, 0.29) is 12.3 Å². The second-order valence-corrected chi connectivity index (χ2v) is 6.84. The van der Waals surface area contributed by atoms with Gasteiger partial charge in [0.25, 0.3) is 0 Å². The standard InChI is InChI=1S/C20H28N2O2/c1-15(2)16-8-9-19(24-3)18(12-16)17(14-21)13-20(23)22-10-6-4-5-7-11-22/h8-9,12,15,17H,4-7,10-11,13H2,1-3H3. The van der Waals surface area contributed by atoms with E-state index in [0.717, 1.165) is 37.1 Å². The number of nitriles is 1. The summed E-state index contributed by atoms with van der Waals surface area (Å²) in [5.74, 6) is 0.680. The molecule has 130 valence electrons. The highest BCUT2D eigenvalue weighted by Gasteiger charge is 2.24. The molecule has 1 saturated heterocycles. The molecule has 1 atom stereocenters. The lowest BCUT2D eigenvalue weighted by atomic mass is 9.91. The Morgan fingerprint density at radius 2 is 1.92 bits per heavy atom. The van der Waals surface area contributed by atoms with Crippen molar-refractivity contribution >= 4 is 5.91 Å². The SMILES string of the molecule is COc1ccc(C(C)C)cc1C(C#N)CC(=O)N1CCCCCC1. The molecule has 2 rings (SSSR count). The smallest absolute Gasteiger partial charge is 0.224 e. The second kappa shape index (κ2) is 8.73. The van der Waals surface area contributed by atoms with Crippen molar-refractivity contribution in [1.29, 1.82) is 5.26 Å². The first-order valence-corrected chi connectivity index (χ1v) is 8.92. The Bertz CT molecular complexity index is 596. The number of carbonyl (C=O) groups is 1. The molecule has 0 aromatic heterocycles. The lowest BCUT2D eigenvalue weighted by Gasteiger charge is -2.22. The monoisotopic (exact) mass is 328 g/mol. The number of rotatable bonds is 5. The lowest BCUT2D eigenvalue weighted by molar-refractivity contribution is -0.131. The van der Waals surface area contributed by atoms with Crippen molar-refractivity contribution in [3.63, 3.8) is 0 Å². The average Bonchev–Trinajstić information content (AvgIpc) is 2.88. The van der Waals surface area contributed by atoms with E-state index in [1.165, 1.54) is 12.8 Å². The number of likely N-dealkylation sites (tertiary alicyclic amines) is 1. The first kappa shape index (κ1) is 18.3. The normalized spacial score (nSPS) is 16.4. The Morgan fingerprint density at radius 1 is 1.25 bits per heavy atom. The molecule has 1 aromatic carbocycles. The Kier molecular flexibility index (Phi) is 6.66. The molecule has 1 aromatic rings. The first-order valence-electron chi connectivity index (χ1n) is 8.92. The zero-order valence-corrected chi connectivity index (χ0v) is 15.0. The number of methoxy groups -OCH3 is 1. The van der Waals surface area contributed by atoms with Crippen molar-refractivity contribution in [3.05, 3.63) is 29.3 Å². The van der Waals surface area contributed by atoms with Gasteiger partial charge in [0.05, 0.1) is 19.1 Å². The number of amides is 1. The van der Waals surface area contributed by atoms with Gasteiger partial charge in [-0.3, -0.25) is 4.79 Å². The maximum absolute atomic E-state index is 12.6. The van der Waals surface area contributed by atoms with Crippen LogP contribution in [0.1, 0.15) is 68.9 Å². The number of carbonyl (C=O) groups excluding carboxylic acids is 1. The van der Waals surface area contributed by atoms with Crippen LogP contribution in [0.3, 0.4) is 0 Å². The fraction of sp³-hybridized carbons (Fsp3) is 0.600. The molecule has 1 amide bonds. The molecule has 0 radical (unpaired) electrons. The molecule has 1 aliphatic heterocycles. The van der Waals surface area contributed by atoms with Gasteiger partial charge < -0.3 is 9.64 Å². The molecule has 0 N–H and O–H groups in total. The van der Waals surface area contributed by atoms with Crippen LogP contribution in [-0.4, -0.2) is 31.0 Å². The molecule has 1 heterocycles. The number of hydrogen-bond acceptors (Lipinski definition) is 3. The summed E-state index contributed by atoms with van der Waals surface area (Å²) in [6.45, 7) is 5.88. The predicted octanol–water partition coefficient (Wildman–Crippen LogP) is 4.22. The minimum Gasteiger partial charge on any atom is -0.496 e. The summed E-state index contributed by atoms with van der Waals surface area (Å²) in [6, 6.07) is 8.27. The van der Waals surface area contributed by atoms with Crippen molar-refractivity contribution in [2.45, 2.75) is 57.8 Å². The minimum atomic E-state index is -0.464. The Labute approximate surface area is 145 Å². The average molecular weight is 328 g/mol. The summed E-state index contributed by atoms with van der Waals surface area (Å²) in [7, 11) is 1.61. The van der Waals surface area contributed by atoms with Gasteiger partial charge in [-0.2, -0.15) is 5.26 Å². The second-order valence-electron chi connectivity index (χ2n) is 6.84. The lowest BCUT2D eigenvalue weighted by Crippen LogP contribution is -2.32. The van der Waals surface area contributed by atoms with Gasteiger partial charge in [-0.05, 0) is 30.4 Å². The van der Waals surface area contributed by atoms with Crippen molar-refractivity contribution in [2.24, 2.45) is 0 Å². The van der Waals surface area contributed by atoms with E-state index in [1.54, 1.807) is 7.11 Å².